The molecule has 0 aliphatic heterocycles. The number of aryl methyl sites for hydroxylation is 2. The van der Waals surface area contributed by atoms with Crippen LogP contribution in [-0.4, -0.2) is 29.5 Å². The van der Waals surface area contributed by atoms with Gasteiger partial charge in [-0.05, 0) is 72.8 Å². The summed E-state index contributed by atoms with van der Waals surface area (Å²) < 4.78 is 6.16. The number of carbonyl (C=O) groups excluding carboxylic acids is 2. The van der Waals surface area contributed by atoms with E-state index in [1.165, 1.54) is 5.01 Å². The summed E-state index contributed by atoms with van der Waals surface area (Å²) in [4.78, 5) is 27.0. The molecule has 2 aromatic rings. The van der Waals surface area contributed by atoms with Crippen molar-refractivity contribution in [1.82, 2.24) is 10.4 Å². The smallest absolute Gasteiger partial charge is 0.272 e. The van der Waals surface area contributed by atoms with Crippen LogP contribution in [-0.2, 0) is 0 Å². The molecular formula is C26H32BrN3O3. The average molecular weight is 514 g/mol. The van der Waals surface area contributed by atoms with E-state index in [9.17, 15) is 9.59 Å². The van der Waals surface area contributed by atoms with Crippen LogP contribution in [0.25, 0.3) is 0 Å². The Morgan fingerprint density at radius 2 is 1.76 bits per heavy atom. The molecule has 2 aromatic carbocycles. The largest absolute Gasteiger partial charge is 0.477 e. The van der Waals surface area contributed by atoms with Crippen LogP contribution >= 0.6 is 15.9 Å². The summed E-state index contributed by atoms with van der Waals surface area (Å²) in [7, 11) is 0. The van der Waals surface area contributed by atoms with E-state index >= 15 is 0 Å². The van der Waals surface area contributed by atoms with Gasteiger partial charge in [0, 0.05) is 16.7 Å². The average Bonchev–Trinajstić information content (AvgIpc) is 2.71. The number of halogens is 1. The second-order valence-corrected chi connectivity index (χ2v) is 10.1. The van der Waals surface area contributed by atoms with Crippen molar-refractivity contribution in [3.8, 4) is 11.8 Å². The summed E-state index contributed by atoms with van der Waals surface area (Å²) in [6, 6.07) is 10.8. The van der Waals surface area contributed by atoms with Crippen LogP contribution in [0.15, 0.2) is 34.8 Å². The van der Waals surface area contributed by atoms with Crippen molar-refractivity contribution in [2.45, 2.75) is 60.9 Å². The van der Waals surface area contributed by atoms with Crippen LogP contribution in [0.2, 0.25) is 0 Å². The number of nitrogens with one attached hydrogen (secondary N) is 1. The lowest BCUT2D eigenvalue weighted by atomic mass is 9.84. The van der Waals surface area contributed by atoms with Crippen molar-refractivity contribution in [3.05, 3.63) is 62.6 Å². The lowest BCUT2D eigenvalue weighted by molar-refractivity contribution is 0.0284. The normalized spacial score (nSPS) is 12.0. The Bertz CT molecular complexity index is 1060. The first kappa shape index (κ1) is 26.4. The molecule has 1 atom stereocenters. The molecule has 2 amide bonds. The van der Waals surface area contributed by atoms with Gasteiger partial charge in [0.05, 0.1) is 10.5 Å². The number of rotatable bonds is 6. The molecule has 33 heavy (non-hydrogen) atoms. The zero-order valence-corrected chi connectivity index (χ0v) is 22.0. The molecule has 1 N–H and O–H groups in total. The molecule has 7 heteroatoms. The summed E-state index contributed by atoms with van der Waals surface area (Å²) in [5.41, 5.74) is 6.06. The Hall–Kier alpha value is -2.85. The van der Waals surface area contributed by atoms with E-state index < -0.39 is 5.91 Å². The minimum Gasteiger partial charge on any atom is -0.477 e. The van der Waals surface area contributed by atoms with Crippen molar-refractivity contribution in [2.75, 3.05) is 6.61 Å². The first-order valence-corrected chi connectivity index (χ1v) is 11.7. The van der Waals surface area contributed by atoms with Crippen molar-refractivity contribution in [3.63, 3.8) is 0 Å². The summed E-state index contributed by atoms with van der Waals surface area (Å²) >= 11 is 3.41. The Balaban J connectivity index is 2.50. The molecule has 0 aliphatic carbocycles. The van der Waals surface area contributed by atoms with Crippen LogP contribution in [0.1, 0.15) is 71.5 Å². The van der Waals surface area contributed by atoms with Crippen molar-refractivity contribution in [2.24, 2.45) is 5.41 Å². The number of hydrazine groups is 1. The van der Waals surface area contributed by atoms with E-state index in [-0.39, 0.29) is 24.0 Å². The first-order valence-electron chi connectivity index (χ1n) is 10.9. The second kappa shape index (κ2) is 10.8. The van der Waals surface area contributed by atoms with Crippen molar-refractivity contribution < 1.29 is 14.3 Å². The minimum atomic E-state index is -0.415. The fourth-order valence-corrected chi connectivity index (χ4v) is 4.59. The lowest BCUT2D eigenvalue weighted by Crippen LogP contribution is -2.56. The Kier molecular flexibility index (Phi) is 8.68. The lowest BCUT2D eigenvalue weighted by Gasteiger charge is -2.39. The van der Waals surface area contributed by atoms with Gasteiger partial charge in [-0.2, -0.15) is 5.26 Å². The Morgan fingerprint density at radius 1 is 1.15 bits per heavy atom. The first-order chi connectivity index (χ1) is 15.4. The number of hydrogen-bond donors (Lipinski definition) is 1. The van der Waals surface area contributed by atoms with Gasteiger partial charge < -0.3 is 4.74 Å². The highest BCUT2D eigenvalue weighted by Crippen LogP contribution is 2.32. The van der Waals surface area contributed by atoms with Gasteiger partial charge in [0.2, 0.25) is 0 Å². The van der Waals surface area contributed by atoms with Gasteiger partial charge >= 0.3 is 0 Å². The molecule has 2 rings (SSSR count). The number of nitriles is 1. The molecule has 176 valence electrons. The van der Waals surface area contributed by atoms with Gasteiger partial charge in [0.25, 0.3) is 11.8 Å². The molecule has 0 saturated carbocycles. The monoisotopic (exact) mass is 513 g/mol. The van der Waals surface area contributed by atoms with Crippen molar-refractivity contribution in [1.29, 1.82) is 5.26 Å². The number of nitrogens with zero attached hydrogens (tertiary/aromatic N) is 2. The van der Waals surface area contributed by atoms with Crippen LogP contribution < -0.4 is 10.2 Å². The molecule has 0 saturated heterocycles. The van der Waals surface area contributed by atoms with E-state index in [2.05, 4.69) is 21.4 Å². The summed E-state index contributed by atoms with van der Waals surface area (Å²) in [6.45, 7) is 13.7. The van der Waals surface area contributed by atoms with E-state index in [0.29, 0.717) is 33.3 Å². The molecule has 0 heterocycles. The number of benzene rings is 2. The maximum atomic E-state index is 13.7. The standard InChI is InChI=1S/C26H32BrN3O3/c1-8-22(26(5,6)7)30(25(32)19-14-16(2)13-17(3)15-19)29-24(31)20-9-10-21(27)23(18(20)4)33-12-11-28/h9-10,13-15,22H,8,12H2,1-7H3,(H,29,31). The Morgan fingerprint density at radius 3 is 2.27 bits per heavy atom. The summed E-state index contributed by atoms with van der Waals surface area (Å²) in [6.07, 6.45) is 0.663. The van der Waals surface area contributed by atoms with E-state index in [1.54, 1.807) is 19.1 Å². The molecule has 0 spiro atoms. The molecule has 1 unspecified atom stereocenters. The number of amides is 2. The van der Waals surface area contributed by atoms with Crippen LogP contribution in [0, 0.1) is 37.5 Å². The molecule has 6 nitrogen and oxygen atoms in total. The third-order valence-corrected chi connectivity index (χ3v) is 6.12. The highest BCUT2D eigenvalue weighted by Gasteiger charge is 2.34. The maximum absolute atomic E-state index is 13.7. The second-order valence-electron chi connectivity index (χ2n) is 9.28. The van der Waals surface area contributed by atoms with E-state index in [0.717, 1.165) is 11.1 Å². The zero-order chi connectivity index (χ0) is 24.9. The summed E-state index contributed by atoms with van der Waals surface area (Å²) in [5.74, 6) is -0.242. The topological polar surface area (TPSA) is 82.4 Å². The van der Waals surface area contributed by atoms with Crippen LogP contribution in [0.3, 0.4) is 0 Å². The van der Waals surface area contributed by atoms with Gasteiger partial charge in [-0.15, -0.1) is 0 Å². The SMILES string of the molecule is CCC(N(NC(=O)c1ccc(Br)c(OCC#N)c1C)C(=O)c1cc(C)cc(C)c1)C(C)(C)C. The molecule has 0 aliphatic rings. The van der Waals surface area contributed by atoms with Crippen LogP contribution in [0.4, 0.5) is 0 Å². The Labute approximate surface area is 205 Å². The van der Waals surface area contributed by atoms with Gasteiger partial charge in [-0.3, -0.25) is 15.0 Å². The number of carbonyl (C=O) groups is 2. The molecular weight excluding hydrogens is 482 g/mol. The predicted molar refractivity (Wildman–Crippen MR) is 133 cm³/mol. The third-order valence-electron chi connectivity index (χ3n) is 5.49. The molecule has 0 fully saturated rings. The highest BCUT2D eigenvalue weighted by molar-refractivity contribution is 9.10. The number of hydrogen-bond acceptors (Lipinski definition) is 4. The molecule has 0 aromatic heterocycles. The van der Waals surface area contributed by atoms with Crippen molar-refractivity contribution >= 4 is 27.7 Å². The quantitative estimate of drug-likeness (QED) is 0.488. The third kappa shape index (κ3) is 6.35. The van der Waals surface area contributed by atoms with Gasteiger partial charge in [0.1, 0.15) is 11.8 Å². The summed E-state index contributed by atoms with van der Waals surface area (Å²) in [5, 5.41) is 10.3. The van der Waals surface area contributed by atoms with Gasteiger partial charge in [-0.1, -0.05) is 44.9 Å². The zero-order valence-electron chi connectivity index (χ0n) is 20.4. The molecule has 0 radical (unpaired) electrons. The maximum Gasteiger partial charge on any atom is 0.272 e. The van der Waals surface area contributed by atoms with E-state index in [1.807, 2.05) is 65.8 Å². The molecule has 0 bridgehead atoms. The van der Waals surface area contributed by atoms with Crippen LogP contribution in [0.5, 0.6) is 5.75 Å². The van der Waals surface area contributed by atoms with Gasteiger partial charge in [0.15, 0.2) is 6.61 Å². The predicted octanol–water partition coefficient (Wildman–Crippen LogP) is 5.89. The van der Waals surface area contributed by atoms with E-state index in [4.69, 9.17) is 10.00 Å². The number of ether oxygens (including phenoxy) is 1. The highest BCUT2D eigenvalue weighted by atomic mass is 79.9. The fraction of sp³-hybridized carbons (Fsp3) is 0.423. The fourth-order valence-electron chi connectivity index (χ4n) is 4.05. The minimum absolute atomic E-state index is 0.135. The van der Waals surface area contributed by atoms with Gasteiger partial charge in [-0.25, -0.2) is 5.01 Å².